The molecule has 2 aromatic carbocycles. The van der Waals surface area contributed by atoms with Gasteiger partial charge in [-0.3, -0.25) is 4.79 Å². The lowest BCUT2D eigenvalue weighted by Gasteiger charge is -2.25. The van der Waals surface area contributed by atoms with Crippen LogP contribution in [0.15, 0.2) is 48.5 Å². The Morgan fingerprint density at radius 1 is 1.05 bits per heavy atom. The number of hydrogen-bond acceptors (Lipinski definition) is 8. The molecule has 0 radical (unpaired) electrons. The molecular formula is C28H32ClF3N6O3. The van der Waals surface area contributed by atoms with E-state index < -0.39 is 12.8 Å². The lowest BCUT2D eigenvalue weighted by Crippen LogP contribution is -2.40. The van der Waals surface area contributed by atoms with E-state index >= 15 is 0 Å². The molecule has 9 nitrogen and oxygen atoms in total. The zero-order chi connectivity index (χ0) is 29.5. The number of rotatable bonds is 2. The number of amides is 1. The first-order valence-corrected chi connectivity index (χ1v) is 13.4. The van der Waals surface area contributed by atoms with Gasteiger partial charge in [0.1, 0.15) is 11.6 Å². The van der Waals surface area contributed by atoms with Crippen LogP contribution in [0.1, 0.15) is 36.2 Å². The number of benzene rings is 2. The van der Waals surface area contributed by atoms with Gasteiger partial charge in [0.15, 0.2) is 6.61 Å². The number of halogens is 4. The summed E-state index contributed by atoms with van der Waals surface area (Å²) < 4.78 is 49.1. The predicted molar refractivity (Wildman–Crippen MR) is 151 cm³/mol. The lowest BCUT2D eigenvalue weighted by atomic mass is 9.93. The maximum absolute atomic E-state index is 12.8. The van der Waals surface area contributed by atoms with Crippen molar-refractivity contribution < 1.29 is 27.4 Å². The summed E-state index contributed by atoms with van der Waals surface area (Å²) in [5.74, 6) is 0.306. The number of nitrogens with one attached hydrogen (secondary N) is 4. The van der Waals surface area contributed by atoms with E-state index in [-0.39, 0.29) is 35.5 Å². The number of ether oxygens (including phenoxy) is 2. The number of nitrogens with zero attached hydrogens (tertiary/aromatic N) is 2. The molecule has 0 atom stereocenters. The van der Waals surface area contributed by atoms with E-state index in [1.165, 1.54) is 6.07 Å². The highest BCUT2D eigenvalue weighted by molar-refractivity contribution is 6.32. The summed E-state index contributed by atoms with van der Waals surface area (Å²) in [7, 11) is 0. The quantitative estimate of drug-likeness (QED) is 0.306. The number of carbonyl (C=O) groups excluding carboxylic acids is 1. The second-order valence-electron chi connectivity index (χ2n) is 10.4. The molecule has 3 aromatic rings. The molecule has 13 heteroatoms. The molecule has 0 aliphatic carbocycles. The zero-order valence-corrected chi connectivity index (χ0v) is 23.5. The van der Waals surface area contributed by atoms with E-state index in [9.17, 15) is 18.0 Å². The first kappa shape index (κ1) is 30.2. The molecular weight excluding hydrogens is 561 g/mol. The fourth-order valence-electron chi connectivity index (χ4n) is 3.89. The van der Waals surface area contributed by atoms with E-state index in [1.54, 1.807) is 36.4 Å². The second-order valence-corrected chi connectivity index (χ2v) is 10.8. The van der Waals surface area contributed by atoms with Crippen LogP contribution in [0.3, 0.4) is 0 Å². The average Bonchev–Trinajstić information content (AvgIpc) is 2.92. The topological polar surface area (TPSA) is 109 Å². The van der Waals surface area contributed by atoms with Crippen molar-refractivity contribution >= 4 is 35.0 Å². The third-order valence-corrected chi connectivity index (χ3v) is 6.34. The van der Waals surface area contributed by atoms with E-state index in [2.05, 4.69) is 45.1 Å². The maximum atomic E-state index is 12.8. The van der Waals surface area contributed by atoms with Crippen LogP contribution in [0, 0.1) is 5.41 Å². The molecule has 0 unspecified atom stereocenters. The Morgan fingerprint density at radius 2 is 1.83 bits per heavy atom. The molecule has 1 amide bonds. The lowest BCUT2D eigenvalue weighted by molar-refractivity contribution is -0.154. The van der Waals surface area contributed by atoms with Crippen LogP contribution in [0.4, 0.5) is 30.6 Å². The molecule has 6 bridgehead atoms. The molecule has 4 N–H and O–H groups in total. The van der Waals surface area contributed by atoms with Gasteiger partial charge in [0.2, 0.25) is 11.8 Å². The molecule has 4 aliphatic rings. The Balaban J connectivity index is 1.58. The summed E-state index contributed by atoms with van der Waals surface area (Å²) in [6, 6.07) is 13.2. The summed E-state index contributed by atoms with van der Waals surface area (Å²) in [4.78, 5) is 21.1. The third kappa shape index (κ3) is 9.68. The van der Waals surface area contributed by atoms with Crippen LogP contribution in [0.2, 0.25) is 5.02 Å². The number of alkyl halides is 3. The molecule has 41 heavy (non-hydrogen) atoms. The number of anilines is 3. The van der Waals surface area contributed by atoms with Gasteiger partial charge in [-0.1, -0.05) is 31.5 Å². The van der Waals surface area contributed by atoms with Gasteiger partial charge in [-0.2, -0.15) is 23.1 Å². The van der Waals surface area contributed by atoms with Gasteiger partial charge in [-0.15, -0.1) is 0 Å². The van der Waals surface area contributed by atoms with Crippen LogP contribution < -0.4 is 30.7 Å². The fourth-order valence-corrected chi connectivity index (χ4v) is 4.15. The van der Waals surface area contributed by atoms with Crippen LogP contribution in [-0.2, 0) is 6.54 Å². The monoisotopic (exact) mass is 592 g/mol. The Hall–Kier alpha value is -3.77. The van der Waals surface area contributed by atoms with Gasteiger partial charge in [0, 0.05) is 37.0 Å². The molecule has 0 saturated heterocycles. The smallest absolute Gasteiger partial charge is 0.422 e. The highest BCUT2D eigenvalue weighted by atomic mass is 35.5. The van der Waals surface area contributed by atoms with Gasteiger partial charge >= 0.3 is 6.18 Å². The van der Waals surface area contributed by atoms with Gasteiger partial charge < -0.3 is 30.7 Å². The largest absolute Gasteiger partial charge is 0.492 e. The molecule has 0 saturated carbocycles. The van der Waals surface area contributed by atoms with Crippen LogP contribution >= 0.6 is 11.6 Å². The van der Waals surface area contributed by atoms with Crippen LogP contribution in [0.5, 0.6) is 11.6 Å². The van der Waals surface area contributed by atoms with Crippen LogP contribution in [0.25, 0.3) is 0 Å². The molecule has 5 heterocycles. The van der Waals surface area contributed by atoms with Gasteiger partial charge in [-0.25, -0.2) is 0 Å². The average molecular weight is 593 g/mol. The minimum Gasteiger partial charge on any atom is -0.492 e. The number of carbonyl (C=O) groups is 1. The van der Waals surface area contributed by atoms with Gasteiger partial charge in [-0.05, 0) is 60.3 Å². The van der Waals surface area contributed by atoms with Crippen LogP contribution in [-0.4, -0.2) is 54.9 Å². The summed E-state index contributed by atoms with van der Waals surface area (Å²) in [6.45, 7) is 5.26. The van der Waals surface area contributed by atoms with E-state index in [1.807, 2.05) is 6.07 Å². The summed E-state index contributed by atoms with van der Waals surface area (Å²) in [6.07, 6.45) is -3.77. The van der Waals surface area contributed by atoms with Gasteiger partial charge in [0.25, 0.3) is 5.91 Å². The number of hydrogen-bond donors (Lipinski definition) is 4. The van der Waals surface area contributed by atoms with E-state index in [0.717, 1.165) is 18.5 Å². The minimum atomic E-state index is -4.53. The Bertz CT molecular complexity index is 1340. The van der Waals surface area contributed by atoms with E-state index in [0.29, 0.717) is 41.7 Å². The van der Waals surface area contributed by atoms with Crippen molar-refractivity contribution in [3.63, 3.8) is 0 Å². The Morgan fingerprint density at radius 3 is 2.56 bits per heavy atom. The molecule has 220 valence electrons. The Labute approximate surface area is 241 Å². The third-order valence-electron chi connectivity index (χ3n) is 6.05. The highest BCUT2D eigenvalue weighted by Gasteiger charge is 2.29. The predicted octanol–water partition coefficient (Wildman–Crippen LogP) is 5.55. The summed E-state index contributed by atoms with van der Waals surface area (Å²) >= 11 is 6.42. The molecule has 7 rings (SSSR count). The minimum absolute atomic E-state index is 0.00913. The van der Waals surface area contributed by atoms with E-state index in [4.69, 9.17) is 21.1 Å². The van der Waals surface area contributed by atoms with Gasteiger partial charge in [0.05, 0.1) is 11.6 Å². The molecule has 0 spiro atoms. The summed E-state index contributed by atoms with van der Waals surface area (Å²) in [5.41, 5.74) is 1.61. The fraction of sp³-hybridized carbons (Fsp3) is 0.393. The van der Waals surface area contributed by atoms with Crippen molar-refractivity contribution in [2.75, 3.05) is 43.5 Å². The number of aromatic nitrogens is 2. The van der Waals surface area contributed by atoms with Crippen molar-refractivity contribution in [2.45, 2.75) is 33.0 Å². The van der Waals surface area contributed by atoms with Crippen molar-refractivity contribution in [2.24, 2.45) is 5.41 Å². The zero-order valence-electron chi connectivity index (χ0n) is 22.7. The first-order chi connectivity index (χ1) is 19.5. The Kier molecular flexibility index (Phi) is 9.77. The molecule has 4 aliphatic heterocycles. The molecule has 1 aromatic heterocycles. The van der Waals surface area contributed by atoms with Crippen molar-refractivity contribution in [3.8, 4) is 11.6 Å². The SMILES string of the molecule is CC1(C)CNCCCOc2ccc(cc2Cl)CNc2cc(OCC(F)(F)F)nc(n2)Nc2ccc(cc2)C(=O)NC1. The normalized spacial score (nSPS) is 16.5. The second kappa shape index (κ2) is 13.3. The summed E-state index contributed by atoms with van der Waals surface area (Å²) in [5, 5.41) is 12.8. The maximum Gasteiger partial charge on any atom is 0.422 e. The van der Waals surface area contributed by atoms with Crippen molar-refractivity contribution in [1.29, 1.82) is 0 Å². The van der Waals surface area contributed by atoms with Crippen molar-refractivity contribution in [3.05, 3.63) is 64.7 Å². The molecule has 0 fully saturated rings. The highest BCUT2D eigenvalue weighted by Crippen LogP contribution is 2.27. The van der Waals surface area contributed by atoms with Crippen molar-refractivity contribution in [1.82, 2.24) is 20.6 Å². The first-order valence-electron chi connectivity index (χ1n) is 13.1. The standard InChI is InChI=1S/C28H32ClF3N6O3/c1-27(2)15-33-10-3-11-40-22-9-4-18(12-21(22)29)14-34-23-13-24(41-17-28(30,31)32)38-26(37-23)36-20-7-5-19(6-8-20)25(39)35-16-27/h4-9,12-13,33H,3,10-11,14-17H2,1-2H3,(H,35,39)(H2,34,36,37,38).